The summed E-state index contributed by atoms with van der Waals surface area (Å²) in [7, 11) is 0. The van der Waals surface area contributed by atoms with Crippen LogP contribution >= 0.6 is 0 Å². The number of aromatic nitrogens is 1. The van der Waals surface area contributed by atoms with Crippen molar-refractivity contribution in [2.45, 2.75) is 19.8 Å². The number of pyridine rings is 1. The molecule has 1 aromatic heterocycles. The Labute approximate surface area is 119 Å². The number of aromatic hydroxyl groups is 1. The zero-order valence-corrected chi connectivity index (χ0v) is 11.1. The van der Waals surface area contributed by atoms with E-state index in [1.807, 2.05) is 0 Å². The standard InChI is InChI=1S/C14H13F3N2O2/c1-9-2-7-13(20)12(19-9)8-18-10-3-5-11(6-4-10)21-14(15,16)17/h2-7,18,20H,8H2,1H3. The molecule has 0 bridgehead atoms. The van der Waals surface area contributed by atoms with E-state index in [0.717, 1.165) is 5.69 Å². The van der Waals surface area contributed by atoms with Gasteiger partial charge in [-0.05, 0) is 43.3 Å². The van der Waals surface area contributed by atoms with Crippen molar-refractivity contribution in [1.82, 2.24) is 4.98 Å². The number of anilines is 1. The lowest BCUT2D eigenvalue weighted by Gasteiger charge is -2.11. The van der Waals surface area contributed by atoms with Crippen molar-refractivity contribution in [3.05, 3.63) is 47.8 Å². The highest BCUT2D eigenvalue weighted by molar-refractivity contribution is 5.47. The van der Waals surface area contributed by atoms with Crippen molar-refractivity contribution in [3.63, 3.8) is 0 Å². The van der Waals surface area contributed by atoms with Crippen molar-refractivity contribution < 1.29 is 23.0 Å². The second-order valence-electron chi connectivity index (χ2n) is 4.34. The van der Waals surface area contributed by atoms with Gasteiger partial charge in [0.2, 0.25) is 0 Å². The number of halogens is 3. The van der Waals surface area contributed by atoms with Gasteiger partial charge in [0, 0.05) is 11.4 Å². The molecule has 112 valence electrons. The molecule has 0 saturated carbocycles. The van der Waals surface area contributed by atoms with E-state index < -0.39 is 6.36 Å². The topological polar surface area (TPSA) is 54.4 Å². The van der Waals surface area contributed by atoms with Gasteiger partial charge in [-0.25, -0.2) is 0 Å². The van der Waals surface area contributed by atoms with Crippen LogP contribution in [0.25, 0.3) is 0 Å². The van der Waals surface area contributed by atoms with Gasteiger partial charge in [0.1, 0.15) is 17.2 Å². The Hall–Kier alpha value is -2.44. The molecule has 1 heterocycles. The molecule has 0 atom stereocenters. The number of alkyl halides is 3. The molecular weight excluding hydrogens is 285 g/mol. The van der Waals surface area contributed by atoms with E-state index in [9.17, 15) is 18.3 Å². The maximum atomic E-state index is 12.0. The summed E-state index contributed by atoms with van der Waals surface area (Å²) in [5, 5.41) is 12.6. The van der Waals surface area contributed by atoms with Crippen LogP contribution in [0, 0.1) is 6.92 Å². The van der Waals surface area contributed by atoms with Crippen molar-refractivity contribution in [2.24, 2.45) is 0 Å². The Morgan fingerprint density at radius 2 is 1.81 bits per heavy atom. The van der Waals surface area contributed by atoms with E-state index in [1.54, 1.807) is 19.1 Å². The molecule has 7 heteroatoms. The molecule has 0 spiro atoms. The minimum Gasteiger partial charge on any atom is -0.506 e. The molecule has 21 heavy (non-hydrogen) atoms. The van der Waals surface area contributed by atoms with Crippen molar-refractivity contribution >= 4 is 5.69 Å². The molecule has 1 aromatic carbocycles. The molecule has 2 N–H and O–H groups in total. The van der Waals surface area contributed by atoms with E-state index >= 15 is 0 Å². The molecule has 0 amide bonds. The molecule has 0 unspecified atom stereocenters. The van der Waals surface area contributed by atoms with Crippen LogP contribution in [0.4, 0.5) is 18.9 Å². The first-order chi connectivity index (χ1) is 9.83. The molecular formula is C14H13F3N2O2. The van der Waals surface area contributed by atoms with Gasteiger partial charge in [-0.3, -0.25) is 4.98 Å². The third-order valence-electron chi connectivity index (χ3n) is 2.64. The predicted molar refractivity (Wildman–Crippen MR) is 71.1 cm³/mol. The summed E-state index contributed by atoms with van der Waals surface area (Å²) in [5.74, 6) is -0.227. The molecule has 0 saturated heterocycles. The van der Waals surface area contributed by atoms with Crippen molar-refractivity contribution in [1.29, 1.82) is 0 Å². The average Bonchev–Trinajstić information content (AvgIpc) is 2.40. The van der Waals surface area contributed by atoms with Crippen molar-refractivity contribution in [3.8, 4) is 11.5 Å². The van der Waals surface area contributed by atoms with Gasteiger partial charge in [-0.15, -0.1) is 13.2 Å². The third-order valence-corrected chi connectivity index (χ3v) is 2.64. The fraction of sp³-hybridized carbons (Fsp3) is 0.214. The van der Waals surface area contributed by atoms with Gasteiger partial charge in [-0.1, -0.05) is 0 Å². The first kappa shape index (κ1) is 15.0. The minimum atomic E-state index is -4.70. The zero-order valence-electron chi connectivity index (χ0n) is 11.1. The van der Waals surface area contributed by atoms with Crippen LogP contribution in [-0.2, 0) is 6.54 Å². The predicted octanol–water partition coefficient (Wildman–Crippen LogP) is 3.61. The largest absolute Gasteiger partial charge is 0.573 e. The molecule has 0 aliphatic carbocycles. The lowest BCUT2D eigenvalue weighted by Crippen LogP contribution is -2.17. The number of nitrogens with zero attached hydrogens (tertiary/aromatic N) is 1. The molecule has 0 fully saturated rings. The number of aryl methyl sites for hydroxylation is 1. The van der Waals surface area contributed by atoms with Gasteiger partial charge in [-0.2, -0.15) is 0 Å². The number of ether oxygens (including phenoxy) is 1. The van der Waals surface area contributed by atoms with Gasteiger partial charge in [0.15, 0.2) is 0 Å². The van der Waals surface area contributed by atoms with Crippen LogP contribution in [0.3, 0.4) is 0 Å². The second-order valence-corrected chi connectivity index (χ2v) is 4.34. The van der Waals surface area contributed by atoms with E-state index in [0.29, 0.717) is 11.4 Å². The highest BCUT2D eigenvalue weighted by Crippen LogP contribution is 2.24. The highest BCUT2D eigenvalue weighted by Gasteiger charge is 2.30. The molecule has 4 nitrogen and oxygen atoms in total. The summed E-state index contributed by atoms with van der Waals surface area (Å²) in [6, 6.07) is 8.54. The molecule has 0 aliphatic rings. The molecule has 0 aliphatic heterocycles. The first-order valence-corrected chi connectivity index (χ1v) is 6.09. The lowest BCUT2D eigenvalue weighted by molar-refractivity contribution is -0.274. The Morgan fingerprint density at radius 3 is 2.43 bits per heavy atom. The third kappa shape index (κ3) is 4.55. The van der Waals surface area contributed by atoms with Crippen LogP contribution < -0.4 is 10.1 Å². The Balaban J connectivity index is 1.99. The maximum Gasteiger partial charge on any atom is 0.573 e. The monoisotopic (exact) mass is 298 g/mol. The molecule has 0 radical (unpaired) electrons. The fourth-order valence-corrected chi connectivity index (χ4v) is 1.69. The Bertz CT molecular complexity index is 613. The number of hydrogen-bond acceptors (Lipinski definition) is 4. The summed E-state index contributed by atoms with van der Waals surface area (Å²) >= 11 is 0. The van der Waals surface area contributed by atoms with E-state index in [2.05, 4.69) is 15.0 Å². The number of benzene rings is 1. The summed E-state index contributed by atoms with van der Waals surface area (Å²) in [5.41, 5.74) is 1.82. The number of hydrogen-bond donors (Lipinski definition) is 2. The molecule has 2 rings (SSSR count). The van der Waals surface area contributed by atoms with Crippen LogP contribution in [-0.4, -0.2) is 16.5 Å². The van der Waals surface area contributed by atoms with E-state index in [4.69, 9.17) is 0 Å². The summed E-state index contributed by atoms with van der Waals surface area (Å²) in [4.78, 5) is 4.17. The zero-order chi connectivity index (χ0) is 15.5. The summed E-state index contributed by atoms with van der Waals surface area (Å²) in [6.07, 6.45) is -4.70. The van der Waals surface area contributed by atoms with Gasteiger partial charge in [0.25, 0.3) is 0 Å². The highest BCUT2D eigenvalue weighted by atomic mass is 19.4. The summed E-state index contributed by atoms with van der Waals surface area (Å²) in [6.45, 7) is 2.05. The van der Waals surface area contributed by atoms with Crippen LogP contribution in [0.15, 0.2) is 36.4 Å². The van der Waals surface area contributed by atoms with Gasteiger partial charge < -0.3 is 15.2 Å². The summed E-state index contributed by atoms with van der Waals surface area (Å²) < 4.78 is 39.8. The van der Waals surface area contributed by atoms with E-state index in [1.165, 1.54) is 24.3 Å². The fourth-order valence-electron chi connectivity index (χ4n) is 1.69. The van der Waals surface area contributed by atoms with E-state index in [-0.39, 0.29) is 18.0 Å². The Morgan fingerprint density at radius 1 is 1.14 bits per heavy atom. The van der Waals surface area contributed by atoms with Crippen molar-refractivity contribution in [2.75, 3.05) is 5.32 Å². The van der Waals surface area contributed by atoms with Crippen LogP contribution in [0.1, 0.15) is 11.4 Å². The van der Waals surface area contributed by atoms with Crippen LogP contribution in [0.2, 0.25) is 0 Å². The number of rotatable bonds is 4. The van der Waals surface area contributed by atoms with Gasteiger partial charge in [0.05, 0.1) is 6.54 Å². The normalized spacial score (nSPS) is 11.2. The minimum absolute atomic E-state index is 0.0603. The van der Waals surface area contributed by atoms with Crippen LogP contribution in [0.5, 0.6) is 11.5 Å². The Kier molecular flexibility index (Phi) is 4.21. The number of nitrogens with one attached hydrogen (secondary N) is 1. The van der Waals surface area contributed by atoms with Gasteiger partial charge >= 0.3 is 6.36 Å². The average molecular weight is 298 g/mol. The quantitative estimate of drug-likeness (QED) is 0.905. The lowest BCUT2D eigenvalue weighted by atomic mass is 10.2. The SMILES string of the molecule is Cc1ccc(O)c(CNc2ccc(OC(F)(F)F)cc2)n1. The smallest absolute Gasteiger partial charge is 0.506 e. The maximum absolute atomic E-state index is 12.0. The molecule has 2 aromatic rings. The first-order valence-electron chi connectivity index (χ1n) is 6.09. The second kappa shape index (κ2) is 5.90.